The highest BCUT2D eigenvalue weighted by Gasteiger charge is 2.08. The van der Waals surface area contributed by atoms with Crippen LogP contribution in [0.2, 0.25) is 0 Å². The number of nitrogens with zero attached hydrogens (tertiary/aromatic N) is 1. The van der Waals surface area contributed by atoms with E-state index in [9.17, 15) is 5.11 Å². The van der Waals surface area contributed by atoms with Crippen LogP contribution in [0.1, 0.15) is 25.8 Å². The number of phenolic OH excluding ortho intramolecular Hbond substituents is 1. The largest absolute Gasteiger partial charge is 0.508 e. The van der Waals surface area contributed by atoms with Gasteiger partial charge in [-0.25, -0.2) is 4.98 Å². The summed E-state index contributed by atoms with van der Waals surface area (Å²) in [6.45, 7) is 4.70. The summed E-state index contributed by atoms with van der Waals surface area (Å²) >= 11 is 0. The first-order valence-electron chi connectivity index (χ1n) is 7.31. The van der Waals surface area contributed by atoms with Crippen LogP contribution in [0.3, 0.4) is 0 Å². The quantitative estimate of drug-likeness (QED) is 0.816. The van der Waals surface area contributed by atoms with E-state index in [1.165, 1.54) is 5.56 Å². The van der Waals surface area contributed by atoms with Crippen molar-refractivity contribution in [2.45, 2.75) is 32.7 Å². The Labute approximate surface area is 125 Å². The third-order valence-corrected chi connectivity index (χ3v) is 3.26. The van der Waals surface area contributed by atoms with E-state index < -0.39 is 0 Å². The first-order valence-corrected chi connectivity index (χ1v) is 7.31. The van der Waals surface area contributed by atoms with Gasteiger partial charge in [0.05, 0.1) is 12.3 Å². The number of hydrogen-bond donors (Lipinski definition) is 2. The lowest BCUT2D eigenvalue weighted by Gasteiger charge is -2.17. The van der Waals surface area contributed by atoms with Crippen LogP contribution in [0.25, 0.3) is 0 Å². The number of anilines is 1. The zero-order valence-corrected chi connectivity index (χ0v) is 12.5. The Morgan fingerprint density at radius 2 is 2.00 bits per heavy atom. The molecule has 4 nitrogen and oxygen atoms in total. The molecule has 0 aliphatic heterocycles. The van der Waals surface area contributed by atoms with Gasteiger partial charge in [0, 0.05) is 12.2 Å². The Hall–Kier alpha value is -2.23. The third kappa shape index (κ3) is 4.67. The highest BCUT2D eigenvalue weighted by Crippen LogP contribution is 2.22. The molecule has 0 saturated heterocycles. The molecule has 0 aliphatic rings. The van der Waals surface area contributed by atoms with Gasteiger partial charge in [0.15, 0.2) is 0 Å². The number of phenols is 1. The van der Waals surface area contributed by atoms with E-state index in [0.717, 1.165) is 18.5 Å². The van der Waals surface area contributed by atoms with Gasteiger partial charge in [-0.3, -0.25) is 0 Å². The number of hydrogen-bond acceptors (Lipinski definition) is 4. The lowest BCUT2D eigenvalue weighted by atomic mass is 10.1. The maximum atomic E-state index is 9.28. The van der Waals surface area contributed by atoms with E-state index in [1.807, 2.05) is 31.2 Å². The van der Waals surface area contributed by atoms with Crippen molar-refractivity contribution in [3.63, 3.8) is 0 Å². The number of ether oxygens (including phenoxy) is 1. The molecule has 0 saturated carbocycles. The van der Waals surface area contributed by atoms with Crippen molar-refractivity contribution in [1.29, 1.82) is 0 Å². The second-order valence-corrected chi connectivity index (χ2v) is 5.04. The fourth-order valence-corrected chi connectivity index (χ4v) is 2.14. The lowest BCUT2D eigenvalue weighted by molar-refractivity contribution is 0.328. The molecule has 1 atom stereocenters. The van der Waals surface area contributed by atoms with Gasteiger partial charge < -0.3 is 15.2 Å². The van der Waals surface area contributed by atoms with Crippen LogP contribution in [0.15, 0.2) is 42.6 Å². The van der Waals surface area contributed by atoms with Gasteiger partial charge in [0.1, 0.15) is 5.75 Å². The molecule has 2 N–H and O–H groups in total. The predicted molar refractivity (Wildman–Crippen MR) is 84.9 cm³/mol. The first kappa shape index (κ1) is 15.2. The van der Waals surface area contributed by atoms with Crippen LogP contribution in [0.4, 0.5) is 5.69 Å². The molecule has 0 fully saturated rings. The van der Waals surface area contributed by atoms with E-state index in [4.69, 9.17) is 4.74 Å². The van der Waals surface area contributed by atoms with Crippen molar-refractivity contribution in [1.82, 2.24) is 4.98 Å². The van der Waals surface area contributed by atoms with Crippen LogP contribution < -0.4 is 10.1 Å². The standard InChI is InChI=1S/C17H22N2O2/c1-3-21-17-16(5-4-12-18-17)19-13(2)6-7-14-8-10-15(20)11-9-14/h4-5,8-13,19-20H,3,6-7H2,1-2H3. The summed E-state index contributed by atoms with van der Waals surface area (Å²) < 4.78 is 5.51. The summed E-state index contributed by atoms with van der Waals surface area (Å²) in [5.74, 6) is 0.957. The van der Waals surface area contributed by atoms with Crippen molar-refractivity contribution >= 4 is 5.69 Å². The second kappa shape index (κ2) is 7.53. The van der Waals surface area contributed by atoms with E-state index in [1.54, 1.807) is 18.3 Å². The molecular weight excluding hydrogens is 264 g/mol. The summed E-state index contributed by atoms with van der Waals surface area (Å²) in [6, 6.07) is 11.5. The van der Waals surface area contributed by atoms with E-state index >= 15 is 0 Å². The Bertz CT molecular complexity index is 555. The molecule has 1 aromatic heterocycles. The number of aromatic hydroxyl groups is 1. The number of aromatic nitrogens is 1. The van der Waals surface area contributed by atoms with Gasteiger partial charge in [-0.2, -0.15) is 0 Å². The summed E-state index contributed by atoms with van der Waals surface area (Å²) in [5, 5.41) is 12.7. The molecule has 0 spiro atoms. The smallest absolute Gasteiger partial charge is 0.237 e. The van der Waals surface area contributed by atoms with Gasteiger partial charge >= 0.3 is 0 Å². The molecule has 2 aromatic rings. The molecule has 4 heteroatoms. The molecule has 1 unspecified atom stereocenters. The molecule has 112 valence electrons. The molecule has 1 aromatic carbocycles. The summed E-state index contributed by atoms with van der Waals surface area (Å²) in [7, 11) is 0. The minimum atomic E-state index is 0.307. The van der Waals surface area contributed by atoms with Crippen molar-refractivity contribution in [2.24, 2.45) is 0 Å². The summed E-state index contributed by atoms with van der Waals surface area (Å²) in [4.78, 5) is 4.24. The Morgan fingerprint density at radius 1 is 1.24 bits per heavy atom. The van der Waals surface area contributed by atoms with Crippen LogP contribution in [0.5, 0.6) is 11.6 Å². The number of aryl methyl sites for hydroxylation is 1. The van der Waals surface area contributed by atoms with Gasteiger partial charge in [-0.05, 0) is 56.5 Å². The normalized spacial score (nSPS) is 11.9. The van der Waals surface area contributed by atoms with Gasteiger partial charge in [-0.15, -0.1) is 0 Å². The number of benzene rings is 1. The Morgan fingerprint density at radius 3 is 2.71 bits per heavy atom. The Balaban J connectivity index is 1.89. The average Bonchev–Trinajstić information content (AvgIpc) is 2.49. The van der Waals surface area contributed by atoms with Crippen molar-refractivity contribution in [3.05, 3.63) is 48.2 Å². The Kier molecular flexibility index (Phi) is 5.43. The first-order chi connectivity index (χ1) is 10.2. The number of rotatable bonds is 7. The van der Waals surface area contributed by atoms with E-state index in [0.29, 0.717) is 24.3 Å². The highest BCUT2D eigenvalue weighted by atomic mass is 16.5. The topological polar surface area (TPSA) is 54.4 Å². The minimum absolute atomic E-state index is 0.307. The lowest BCUT2D eigenvalue weighted by Crippen LogP contribution is -2.17. The van der Waals surface area contributed by atoms with E-state index in [-0.39, 0.29) is 0 Å². The van der Waals surface area contributed by atoms with Gasteiger partial charge in [0.2, 0.25) is 5.88 Å². The fourth-order valence-electron chi connectivity index (χ4n) is 2.14. The maximum absolute atomic E-state index is 9.28. The molecule has 0 aliphatic carbocycles. The molecule has 0 amide bonds. The summed E-state index contributed by atoms with van der Waals surface area (Å²) in [5.41, 5.74) is 2.15. The minimum Gasteiger partial charge on any atom is -0.508 e. The van der Waals surface area contributed by atoms with Crippen LogP contribution in [-0.2, 0) is 6.42 Å². The maximum Gasteiger partial charge on any atom is 0.237 e. The van der Waals surface area contributed by atoms with Crippen molar-refractivity contribution in [2.75, 3.05) is 11.9 Å². The monoisotopic (exact) mass is 286 g/mol. The SMILES string of the molecule is CCOc1ncccc1NC(C)CCc1ccc(O)cc1. The van der Waals surface area contributed by atoms with E-state index in [2.05, 4.69) is 17.2 Å². The zero-order chi connectivity index (χ0) is 15.1. The zero-order valence-electron chi connectivity index (χ0n) is 12.5. The van der Waals surface area contributed by atoms with Gasteiger partial charge in [-0.1, -0.05) is 12.1 Å². The highest BCUT2D eigenvalue weighted by molar-refractivity contribution is 5.52. The van der Waals surface area contributed by atoms with Crippen molar-refractivity contribution in [3.8, 4) is 11.6 Å². The number of nitrogens with one attached hydrogen (secondary N) is 1. The fraction of sp³-hybridized carbons (Fsp3) is 0.353. The molecule has 21 heavy (non-hydrogen) atoms. The van der Waals surface area contributed by atoms with Crippen LogP contribution >= 0.6 is 0 Å². The van der Waals surface area contributed by atoms with Gasteiger partial charge in [0.25, 0.3) is 0 Å². The second-order valence-electron chi connectivity index (χ2n) is 5.04. The predicted octanol–water partition coefficient (Wildman–Crippen LogP) is 3.62. The molecule has 0 radical (unpaired) electrons. The number of pyridine rings is 1. The third-order valence-electron chi connectivity index (χ3n) is 3.26. The molecular formula is C17H22N2O2. The van der Waals surface area contributed by atoms with Crippen molar-refractivity contribution < 1.29 is 9.84 Å². The summed E-state index contributed by atoms with van der Waals surface area (Å²) in [6.07, 6.45) is 3.68. The molecule has 1 heterocycles. The van der Waals surface area contributed by atoms with Crippen LogP contribution in [0, 0.1) is 0 Å². The molecule has 0 bridgehead atoms. The average molecular weight is 286 g/mol. The molecule has 2 rings (SSSR count). The van der Waals surface area contributed by atoms with Crippen LogP contribution in [-0.4, -0.2) is 22.7 Å².